The van der Waals surface area contributed by atoms with Gasteiger partial charge in [0.05, 0.1) is 5.69 Å². The topological polar surface area (TPSA) is 96.5 Å². The van der Waals surface area contributed by atoms with E-state index in [0.29, 0.717) is 11.3 Å². The van der Waals surface area contributed by atoms with Crippen LogP contribution in [0.1, 0.15) is 16.1 Å². The molecule has 1 aromatic rings. The Kier molecular flexibility index (Phi) is 3.96. The fraction of sp³-hybridized carbons (Fsp3) is 0.300. The zero-order chi connectivity index (χ0) is 12.1. The normalized spacial score (nSPS) is 9.88. The second kappa shape index (κ2) is 5.22. The highest BCUT2D eigenvalue weighted by Crippen LogP contribution is 2.04. The smallest absolute Gasteiger partial charge is 0.323 e. The lowest BCUT2D eigenvalue weighted by atomic mass is 10.2. The minimum Gasteiger partial charge on any atom is -0.480 e. The minimum absolute atomic E-state index is 0.240. The van der Waals surface area contributed by atoms with Crippen LogP contribution < -0.4 is 5.73 Å². The van der Waals surface area contributed by atoms with Gasteiger partial charge < -0.3 is 15.7 Å². The van der Waals surface area contributed by atoms with Crippen LogP contribution in [0, 0.1) is 0 Å². The van der Waals surface area contributed by atoms with E-state index in [4.69, 9.17) is 10.8 Å². The summed E-state index contributed by atoms with van der Waals surface area (Å²) in [5, 5.41) is 8.55. The number of amides is 1. The van der Waals surface area contributed by atoms with Crippen LogP contribution in [0.5, 0.6) is 0 Å². The van der Waals surface area contributed by atoms with Gasteiger partial charge in [-0.3, -0.25) is 14.6 Å². The van der Waals surface area contributed by atoms with Gasteiger partial charge in [0.1, 0.15) is 6.54 Å². The Hall–Kier alpha value is -1.95. The second-order valence-electron chi connectivity index (χ2n) is 3.29. The first-order chi connectivity index (χ1) is 7.54. The number of aromatic nitrogens is 1. The zero-order valence-electron chi connectivity index (χ0n) is 8.88. The van der Waals surface area contributed by atoms with Gasteiger partial charge in [-0.15, -0.1) is 0 Å². The number of carbonyl (C=O) groups excluding carboxylic acids is 1. The average Bonchev–Trinajstić information content (AvgIpc) is 2.27. The molecule has 0 fully saturated rings. The number of aliphatic carboxylic acids is 1. The molecule has 0 bridgehead atoms. The summed E-state index contributed by atoms with van der Waals surface area (Å²) in [6, 6.07) is 3.08. The van der Waals surface area contributed by atoms with E-state index in [9.17, 15) is 9.59 Å². The van der Waals surface area contributed by atoms with Gasteiger partial charge in [-0.05, 0) is 12.1 Å². The van der Waals surface area contributed by atoms with E-state index < -0.39 is 5.97 Å². The number of nitrogens with two attached hydrogens (primary N) is 1. The van der Waals surface area contributed by atoms with Gasteiger partial charge in [0.25, 0.3) is 5.91 Å². The van der Waals surface area contributed by atoms with Crippen LogP contribution >= 0.6 is 0 Å². The molecule has 86 valence electrons. The molecule has 0 unspecified atom stereocenters. The third-order valence-corrected chi connectivity index (χ3v) is 1.99. The molecule has 1 rings (SSSR count). The summed E-state index contributed by atoms with van der Waals surface area (Å²) in [5.74, 6) is -1.41. The summed E-state index contributed by atoms with van der Waals surface area (Å²) in [6.07, 6.45) is 1.48. The van der Waals surface area contributed by atoms with Crippen molar-refractivity contribution in [3.63, 3.8) is 0 Å². The Morgan fingerprint density at radius 3 is 2.81 bits per heavy atom. The molecule has 0 saturated carbocycles. The Morgan fingerprint density at radius 1 is 1.56 bits per heavy atom. The number of nitrogens with zero attached hydrogens (tertiary/aromatic N) is 2. The maximum atomic E-state index is 11.7. The van der Waals surface area contributed by atoms with Crippen molar-refractivity contribution in [2.24, 2.45) is 5.73 Å². The van der Waals surface area contributed by atoms with Crippen LogP contribution in [0.15, 0.2) is 18.3 Å². The van der Waals surface area contributed by atoms with E-state index >= 15 is 0 Å². The summed E-state index contributed by atoms with van der Waals surface area (Å²) in [6.45, 7) is -0.0944. The SMILES string of the molecule is CN(CC(=O)O)C(=O)c1ccnc(CN)c1. The van der Waals surface area contributed by atoms with Gasteiger partial charge in [-0.25, -0.2) is 0 Å². The number of carboxylic acids is 1. The molecule has 6 heteroatoms. The molecule has 0 atom stereocenters. The Labute approximate surface area is 92.7 Å². The highest BCUT2D eigenvalue weighted by Gasteiger charge is 2.14. The highest BCUT2D eigenvalue weighted by atomic mass is 16.4. The number of carbonyl (C=O) groups is 2. The van der Waals surface area contributed by atoms with Crippen molar-refractivity contribution in [2.75, 3.05) is 13.6 Å². The van der Waals surface area contributed by atoms with Gasteiger partial charge in [0.2, 0.25) is 0 Å². The van der Waals surface area contributed by atoms with E-state index in [1.807, 2.05) is 0 Å². The molecule has 6 nitrogen and oxygen atoms in total. The van der Waals surface area contributed by atoms with Gasteiger partial charge in [-0.2, -0.15) is 0 Å². The molecule has 3 N–H and O–H groups in total. The van der Waals surface area contributed by atoms with Crippen LogP contribution in [0.3, 0.4) is 0 Å². The highest BCUT2D eigenvalue weighted by molar-refractivity contribution is 5.95. The third-order valence-electron chi connectivity index (χ3n) is 1.99. The predicted molar refractivity (Wildman–Crippen MR) is 56.7 cm³/mol. The van der Waals surface area contributed by atoms with E-state index in [2.05, 4.69) is 4.98 Å². The fourth-order valence-electron chi connectivity index (χ4n) is 1.22. The maximum absolute atomic E-state index is 11.7. The van der Waals surface area contributed by atoms with Gasteiger partial charge in [-0.1, -0.05) is 0 Å². The van der Waals surface area contributed by atoms with Crippen molar-refractivity contribution >= 4 is 11.9 Å². The Bertz CT molecular complexity index is 406. The van der Waals surface area contributed by atoms with E-state index in [1.165, 1.54) is 19.3 Å². The molecule has 16 heavy (non-hydrogen) atoms. The lowest BCUT2D eigenvalue weighted by Gasteiger charge is -2.14. The van der Waals surface area contributed by atoms with Gasteiger partial charge in [0, 0.05) is 25.4 Å². The number of carboxylic acid groups (broad SMARTS) is 1. The number of likely N-dealkylation sites (N-methyl/N-ethyl adjacent to an activating group) is 1. The fourth-order valence-corrected chi connectivity index (χ4v) is 1.22. The molecule has 1 heterocycles. The summed E-state index contributed by atoms with van der Waals surface area (Å²) in [7, 11) is 1.43. The van der Waals surface area contributed by atoms with Crippen LogP contribution in [0.25, 0.3) is 0 Å². The lowest BCUT2D eigenvalue weighted by Crippen LogP contribution is -2.32. The van der Waals surface area contributed by atoms with Crippen molar-refractivity contribution in [1.29, 1.82) is 0 Å². The van der Waals surface area contributed by atoms with Gasteiger partial charge >= 0.3 is 5.97 Å². The van der Waals surface area contributed by atoms with E-state index in [0.717, 1.165) is 4.90 Å². The number of pyridine rings is 1. The minimum atomic E-state index is -1.05. The third kappa shape index (κ3) is 3.03. The van der Waals surface area contributed by atoms with Crippen LogP contribution in [0.4, 0.5) is 0 Å². The summed E-state index contributed by atoms with van der Waals surface area (Å²) < 4.78 is 0. The largest absolute Gasteiger partial charge is 0.480 e. The standard InChI is InChI=1S/C10H13N3O3/c1-13(6-9(14)15)10(16)7-2-3-12-8(4-7)5-11/h2-4H,5-6,11H2,1H3,(H,14,15). The number of rotatable bonds is 4. The van der Waals surface area contributed by atoms with Crippen LogP contribution in [-0.4, -0.2) is 40.5 Å². The monoisotopic (exact) mass is 223 g/mol. The molecule has 0 saturated heterocycles. The average molecular weight is 223 g/mol. The van der Waals surface area contributed by atoms with E-state index in [-0.39, 0.29) is 19.0 Å². The summed E-state index contributed by atoms with van der Waals surface area (Å²) in [5.41, 5.74) is 6.37. The van der Waals surface area contributed by atoms with Crippen LogP contribution in [-0.2, 0) is 11.3 Å². The first kappa shape index (κ1) is 12.1. The number of hydrogen-bond donors (Lipinski definition) is 2. The van der Waals surface area contributed by atoms with Crippen molar-refractivity contribution in [3.8, 4) is 0 Å². The van der Waals surface area contributed by atoms with Crippen molar-refractivity contribution in [2.45, 2.75) is 6.54 Å². The van der Waals surface area contributed by atoms with Crippen molar-refractivity contribution in [1.82, 2.24) is 9.88 Å². The molecular formula is C10H13N3O3. The number of hydrogen-bond acceptors (Lipinski definition) is 4. The zero-order valence-corrected chi connectivity index (χ0v) is 8.88. The summed E-state index contributed by atoms with van der Waals surface area (Å²) in [4.78, 5) is 27.3. The van der Waals surface area contributed by atoms with Crippen LogP contribution in [0.2, 0.25) is 0 Å². The molecule has 0 radical (unpaired) electrons. The Balaban J connectivity index is 2.83. The predicted octanol–water partition coefficient (Wildman–Crippen LogP) is -0.303. The first-order valence-electron chi connectivity index (χ1n) is 4.67. The van der Waals surface area contributed by atoms with Crippen molar-refractivity contribution < 1.29 is 14.7 Å². The molecule has 0 aliphatic heterocycles. The Morgan fingerprint density at radius 2 is 2.25 bits per heavy atom. The molecule has 0 aliphatic carbocycles. The first-order valence-corrected chi connectivity index (χ1v) is 4.67. The lowest BCUT2D eigenvalue weighted by molar-refractivity contribution is -0.137. The maximum Gasteiger partial charge on any atom is 0.323 e. The molecule has 1 amide bonds. The second-order valence-corrected chi connectivity index (χ2v) is 3.29. The van der Waals surface area contributed by atoms with E-state index in [1.54, 1.807) is 6.07 Å². The molecule has 0 aromatic carbocycles. The molecular weight excluding hydrogens is 210 g/mol. The molecule has 0 spiro atoms. The molecule has 1 aromatic heterocycles. The quantitative estimate of drug-likeness (QED) is 0.730. The van der Waals surface area contributed by atoms with Gasteiger partial charge in [0.15, 0.2) is 0 Å². The molecule has 0 aliphatic rings. The summed E-state index contributed by atoms with van der Waals surface area (Å²) >= 11 is 0. The van der Waals surface area contributed by atoms with Crippen molar-refractivity contribution in [3.05, 3.63) is 29.6 Å².